The number of anilines is 1. The summed E-state index contributed by atoms with van der Waals surface area (Å²) in [6, 6.07) is 21.5. The van der Waals surface area contributed by atoms with Crippen molar-refractivity contribution < 1.29 is 32.3 Å². The Morgan fingerprint density at radius 1 is 0.841 bits per heavy atom. The number of carbonyl (C=O) groups is 3. The van der Waals surface area contributed by atoms with E-state index in [2.05, 4.69) is 20.4 Å². The molecule has 0 aromatic heterocycles. The van der Waals surface area contributed by atoms with E-state index in [-0.39, 0.29) is 36.6 Å². The van der Waals surface area contributed by atoms with Crippen LogP contribution in [0, 0.1) is 0 Å². The maximum absolute atomic E-state index is 12.9. The molecule has 0 spiro atoms. The van der Waals surface area contributed by atoms with E-state index >= 15 is 0 Å². The summed E-state index contributed by atoms with van der Waals surface area (Å²) >= 11 is 0. The van der Waals surface area contributed by atoms with Crippen LogP contribution in [0.3, 0.4) is 0 Å². The molecule has 3 aromatic carbocycles. The molecule has 2 amide bonds. The largest absolute Gasteiger partial charge is 0.457 e. The first kappa shape index (κ1) is 31.1. The van der Waals surface area contributed by atoms with Gasteiger partial charge in [-0.3, -0.25) is 14.5 Å². The van der Waals surface area contributed by atoms with Gasteiger partial charge >= 0.3 is 12.1 Å². The van der Waals surface area contributed by atoms with Gasteiger partial charge in [0.2, 0.25) is 5.91 Å². The molecule has 2 N–H and O–H groups in total. The summed E-state index contributed by atoms with van der Waals surface area (Å²) in [5.41, 5.74) is 1.44. The molecule has 2 aliphatic heterocycles. The fourth-order valence-electron chi connectivity index (χ4n) is 5.72. The topological polar surface area (TPSA) is 91.0 Å². The highest BCUT2D eigenvalue weighted by atomic mass is 19.4. The lowest BCUT2D eigenvalue weighted by molar-refractivity contribution is -0.137. The summed E-state index contributed by atoms with van der Waals surface area (Å²) < 4.78 is 44.2. The van der Waals surface area contributed by atoms with Crippen LogP contribution in [0.25, 0.3) is 0 Å². The van der Waals surface area contributed by atoms with E-state index in [1.807, 2.05) is 42.5 Å². The van der Waals surface area contributed by atoms with Gasteiger partial charge in [-0.25, -0.2) is 4.79 Å². The van der Waals surface area contributed by atoms with E-state index in [0.29, 0.717) is 18.2 Å². The number of nitrogens with zero attached hydrogens (tertiary/aromatic N) is 2. The number of halogens is 3. The quantitative estimate of drug-likeness (QED) is 0.344. The van der Waals surface area contributed by atoms with E-state index in [1.54, 1.807) is 12.1 Å². The molecule has 1 unspecified atom stereocenters. The van der Waals surface area contributed by atoms with Crippen LogP contribution < -0.4 is 15.5 Å². The van der Waals surface area contributed by atoms with Crippen LogP contribution in [0.1, 0.15) is 51.1 Å². The lowest BCUT2D eigenvalue weighted by Crippen LogP contribution is -2.46. The average Bonchev–Trinajstić information content (AvgIpc) is 3.51. The third kappa shape index (κ3) is 8.16. The Kier molecular flexibility index (Phi) is 9.84. The molecule has 2 saturated heterocycles. The van der Waals surface area contributed by atoms with Crippen molar-refractivity contribution in [3.05, 3.63) is 101 Å². The van der Waals surface area contributed by atoms with E-state index in [4.69, 9.17) is 4.74 Å². The first-order chi connectivity index (χ1) is 21.2. The van der Waals surface area contributed by atoms with E-state index in [1.165, 1.54) is 6.07 Å². The Morgan fingerprint density at radius 3 is 2.27 bits per heavy atom. The summed E-state index contributed by atoms with van der Waals surface area (Å²) in [4.78, 5) is 41.9. The van der Waals surface area contributed by atoms with Gasteiger partial charge in [-0.2, -0.15) is 13.2 Å². The zero-order valence-electron chi connectivity index (χ0n) is 24.2. The van der Waals surface area contributed by atoms with E-state index in [0.717, 1.165) is 68.3 Å². The number of esters is 1. The summed E-state index contributed by atoms with van der Waals surface area (Å²) in [7, 11) is 0. The Bertz CT molecular complexity index is 1440. The maximum Gasteiger partial charge on any atom is 0.416 e. The predicted octanol–water partition coefficient (Wildman–Crippen LogP) is 4.65. The van der Waals surface area contributed by atoms with Crippen molar-refractivity contribution in [3.63, 3.8) is 0 Å². The normalized spacial score (nSPS) is 17.7. The highest BCUT2D eigenvalue weighted by molar-refractivity contribution is 5.96. The first-order valence-electron chi connectivity index (χ1n) is 14.7. The molecule has 3 aromatic rings. The predicted molar refractivity (Wildman–Crippen MR) is 159 cm³/mol. The van der Waals surface area contributed by atoms with E-state index < -0.39 is 17.6 Å². The smallest absolute Gasteiger partial charge is 0.416 e. The molecule has 0 saturated carbocycles. The molecule has 2 aliphatic rings. The molecular weight excluding hydrogens is 573 g/mol. The second-order valence-corrected chi connectivity index (χ2v) is 11.1. The fourth-order valence-corrected chi connectivity index (χ4v) is 5.72. The first-order valence-corrected chi connectivity index (χ1v) is 14.7. The van der Waals surface area contributed by atoms with Gasteiger partial charge in [-0.05, 0) is 67.3 Å². The van der Waals surface area contributed by atoms with Gasteiger partial charge in [0.1, 0.15) is 6.61 Å². The Balaban J connectivity index is 1.02. The molecule has 8 nitrogen and oxygen atoms in total. The summed E-state index contributed by atoms with van der Waals surface area (Å²) in [5.74, 6) is -1.46. The molecule has 11 heteroatoms. The summed E-state index contributed by atoms with van der Waals surface area (Å²) in [5, 5.41) is 5.34. The van der Waals surface area contributed by atoms with Gasteiger partial charge in [0.15, 0.2) is 0 Å². The zero-order valence-corrected chi connectivity index (χ0v) is 24.2. The Labute approximate surface area is 254 Å². The lowest BCUT2D eigenvalue weighted by Gasteiger charge is -2.38. The van der Waals surface area contributed by atoms with Crippen molar-refractivity contribution in [2.24, 2.45) is 0 Å². The maximum atomic E-state index is 12.9. The van der Waals surface area contributed by atoms with Crippen molar-refractivity contribution in [2.75, 3.05) is 37.6 Å². The summed E-state index contributed by atoms with van der Waals surface area (Å²) in [6.45, 7) is 3.22. The number of ether oxygens (including phenoxy) is 1. The third-order valence-electron chi connectivity index (χ3n) is 8.11. The van der Waals surface area contributed by atoms with Crippen LogP contribution in [-0.4, -0.2) is 67.5 Å². The van der Waals surface area contributed by atoms with Crippen LogP contribution >= 0.6 is 0 Å². The highest BCUT2D eigenvalue weighted by Gasteiger charge is 2.32. The third-order valence-corrected chi connectivity index (χ3v) is 8.11. The van der Waals surface area contributed by atoms with Crippen molar-refractivity contribution in [3.8, 4) is 0 Å². The minimum absolute atomic E-state index is 0.0554. The SMILES string of the molecule is O=C(CNC(=O)c1cccc(C(F)(F)F)c1)NC1CCN(C2CCN(c3ccc(C(=O)OCc4ccccc4)cc3)CC2)C1. The van der Waals surface area contributed by atoms with Crippen molar-refractivity contribution >= 4 is 23.5 Å². The Hall–Kier alpha value is -4.38. The molecule has 0 aliphatic carbocycles. The number of hydrogen-bond donors (Lipinski definition) is 2. The number of benzene rings is 3. The standard InChI is InChI=1S/C33H35F3N4O4/c34-33(35,36)26-8-4-7-25(19-26)31(42)37-20-30(41)38-27-13-16-40(21-27)29-14-17-39(18-15-29)28-11-9-24(10-12-28)32(43)44-22-23-5-2-1-3-6-23/h1-12,19,27,29H,13-18,20-22H2,(H,37,42)(H,38,41). The van der Waals surface area contributed by atoms with Gasteiger partial charge in [-0.15, -0.1) is 0 Å². The van der Waals surface area contributed by atoms with Crippen LogP contribution in [-0.2, 0) is 22.3 Å². The number of nitrogens with one attached hydrogen (secondary N) is 2. The number of amides is 2. The molecule has 0 radical (unpaired) electrons. The molecule has 232 valence electrons. The molecule has 44 heavy (non-hydrogen) atoms. The van der Waals surface area contributed by atoms with Gasteiger partial charge in [0.25, 0.3) is 5.91 Å². The summed E-state index contributed by atoms with van der Waals surface area (Å²) in [6.07, 6.45) is -1.83. The van der Waals surface area contributed by atoms with Crippen molar-refractivity contribution in [2.45, 2.75) is 44.1 Å². The van der Waals surface area contributed by atoms with Gasteiger partial charge < -0.3 is 20.3 Å². The van der Waals surface area contributed by atoms with Crippen molar-refractivity contribution in [1.29, 1.82) is 0 Å². The Morgan fingerprint density at radius 2 is 1.57 bits per heavy atom. The molecule has 1 atom stereocenters. The van der Waals surface area contributed by atoms with Gasteiger partial charge in [-0.1, -0.05) is 36.4 Å². The lowest BCUT2D eigenvalue weighted by atomic mass is 10.0. The van der Waals surface area contributed by atoms with Crippen LogP contribution in [0.15, 0.2) is 78.9 Å². The van der Waals surface area contributed by atoms with Crippen LogP contribution in [0.2, 0.25) is 0 Å². The highest BCUT2D eigenvalue weighted by Crippen LogP contribution is 2.29. The zero-order chi connectivity index (χ0) is 31.1. The molecule has 0 bridgehead atoms. The fraction of sp³-hybridized carbons (Fsp3) is 0.364. The van der Waals surface area contributed by atoms with Gasteiger partial charge in [0.05, 0.1) is 17.7 Å². The number of likely N-dealkylation sites (tertiary alicyclic amines) is 1. The van der Waals surface area contributed by atoms with Crippen molar-refractivity contribution in [1.82, 2.24) is 15.5 Å². The second kappa shape index (κ2) is 13.9. The molecular formula is C33H35F3N4O4. The van der Waals surface area contributed by atoms with E-state index in [9.17, 15) is 27.6 Å². The minimum Gasteiger partial charge on any atom is -0.457 e. The van der Waals surface area contributed by atoms with Crippen LogP contribution in [0.4, 0.5) is 18.9 Å². The number of rotatable bonds is 9. The molecule has 2 heterocycles. The second-order valence-electron chi connectivity index (χ2n) is 11.1. The number of carbonyl (C=O) groups excluding carboxylic acids is 3. The van der Waals surface area contributed by atoms with Gasteiger partial charge in [0, 0.05) is 49.5 Å². The number of hydrogen-bond acceptors (Lipinski definition) is 6. The number of piperidine rings is 1. The molecule has 2 fully saturated rings. The van der Waals surface area contributed by atoms with Crippen LogP contribution in [0.5, 0.6) is 0 Å². The monoisotopic (exact) mass is 608 g/mol. The molecule has 5 rings (SSSR count). The minimum atomic E-state index is -4.55. The average molecular weight is 609 g/mol. The number of alkyl halides is 3.